The van der Waals surface area contributed by atoms with Gasteiger partial charge in [-0.25, -0.2) is 0 Å². The fraction of sp³-hybridized carbons (Fsp3) is 0.231. The SMILES string of the molecule is C#CCNC(=O)C(C#N)Cc1ccccc1. The molecule has 1 rings (SSSR count). The van der Waals surface area contributed by atoms with Crippen molar-refractivity contribution in [2.45, 2.75) is 6.42 Å². The summed E-state index contributed by atoms with van der Waals surface area (Å²) in [5.74, 6) is 1.30. The normalized spacial score (nSPS) is 10.9. The number of nitriles is 1. The average molecular weight is 212 g/mol. The fourth-order valence-corrected chi connectivity index (χ4v) is 1.31. The lowest BCUT2D eigenvalue weighted by molar-refractivity contribution is -0.123. The second kappa shape index (κ2) is 6.27. The summed E-state index contributed by atoms with van der Waals surface area (Å²) in [5, 5.41) is 11.4. The van der Waals surface area contributed by atoms with Gasteiger partial charge in [0, 0.05) is 0 Å². The van der Waals surface area contributed by atoms with E-state index >= 15 is 0 Å². The molecule has 0 saturated heterocycles. The molecule has 0 saturated carbocycles. The lowest BCUT2D eigenvalue weighted by Gasteiger charge is -2.08. The van der Waals surface area contributed by atoms with E-state index in [1.165, 1.54) is 0 Å². The van der Waals surface area contributed by atoms with Crippen LogP contribution in [-0.2, 0) is 11.2 Å². The lowest BCUT2D eigenvalue weighted by atomic mass is 10.00. The quantitative estimate of drug-likeness (QED) is 0.760. The topological polar surface area (TPSA) is 52.9 Å². The van der Waals surface area contributed by atoms with Crippen LogP contribution < -0.4 is 5.32 Å². The number of hydrogen-bond donors (Lipinski definition) is 1. The highest BCUT2D eigenvalue weighted by Crippen LogP contribution is 2.07. The van der Waals surface area contributed by atoms with E-state index in [9.17, 15) is 4.79 Å². The van der Waals surface area contributed by atoms with Crippen molar-refractivity contribution >= 4 is 5.91 Å². The molecule has 0 aliphatic heterocycles. The molecule has 1 aromatic carbocycles. The van der Waals surface area contributed by atoms with E-state index in [4.69, 9.17) is 11.7 Å². The van der Waals surface area contributed by atoms with Gasteiger partial charge in [-0.2, -0.15) is 5.26 Å². The van der Waals surface area contributed by atoms with Gasteiger partial charge in [0.1, 0.15) is 5.92 Å². The third-order valence-electron chi connectivity index (χ3n) is 2.12. The predicted octanol–water partition coefficient (Wildman–Crippen LogP) is 1.12. The van der Waals surface area contributed by atoms with Gasteiger partial charge in [-0.15, -0.1) is 6.42 Å². The molecule has 0 aliphatic rings. The van der Waals surface area contributed by atoms with E-state index in [-0.39, 0.29) is 12.5 Å². The Morgan fingerprint density at radius 1 is 1.44 bits per heavy atom. The maximum Gasteiger partial charge on any atom is 0.238 e. The van der Waals surface area contributed by atoms with Gasteiger partial charge < -0.3 is 5.32 Å². The van der Waals surface area contributed by atoms with Crippen LogP contribution in [-0.4, -0.2) is 12.5 Å². The number of amides is 1. The minimum Gasteiger partial charge on any atom is -0.344 e. The highest BCUT2D eigenvalue weighted by molar-refractivity contribution is 5.81. The molecule has 0 spiro atoms. The highest BCUT2D eigenvalue weighted by atomic mass is 16.1. The molecule has 80 valence electrons. The van der Waals surface area contributed by atoms with E-state index in [2.05, 4.69) is 11.2 Å². The molecule has 1 unspecified atom stereocenters. The molecular formula is C13H12N2O. The highest BCUT2D eigenvalue weighted by Gasteiger charge is 2.17. The second-order valence-electron chi connectivity index (χ2n) is 3.29. The second-order valence-corrected chi connectivity index (χ2v) is 3.29. The molecule has 0 aromatic heterocycles. The summed E-state index contributed by atoms with van der Waals surface area (Å²) in [6.45, 7) is 0.159. The molecule has 0 heterocycles. The maximum atomic E-state index is 11.5. The largest absolute Gasteiger partial charge is 0.344 e. The van der Waals surface area contributed by atoms with Crippen molar-refractivity contribution in [3.05, 3.63) is 35.9 Å². The van der Waals surface area contributed by atoms with Gasteiger partial charge in [-0.3, -0.25) is 4.79 Å². The number of nitrogens with one attached hydrogen (secondary N) is 1. The molecule has 1 aromatic rings. The van der Waals surface area contributed by atoms with Crippen LogP contribution in [0.3, 0.4) is 0 Å². The van der Waals surface area contributed by atoms with Crippen LogP contribution in [0.4, 0.5) is 0 Å². The molecule has 1 amide bonds. The minimum atomic E-state index is -0.684. The number of rotatable bonds is 4. The van der Waals surface area contributed by atoms with Crippen molar-refractivity contribution in [2.24, 2.45) is 5.92 Å². The molecular weight excluding hydrogens is 200 g/mol. The molecule has 3 nitrogen and oxygen atoms in total. The summed E-state index contributed by atoms with van der Waals surface area (Å²) in [4.78, 5) is 11.5. The number of carbonyl (C=O) groups is 1. The number of nitrogens with zero attached hydrogens (tertiary/aromatic N) is 1. The van der Waals surface area contributed by atoms with Crippen LogP contribution in [0.5, 0.6) is 0 Å². The van der Waals surface area contributed by atoms with E-state index in [0.29, 0.717) is 6.42 Å². The smallest absolute Gasteiger partial charge is 0.238 e. The lowest BCUT2D eigenvalue weighted by Crippen LogP contribution is -2.31. The van der Waals surface area contributed by atoms with Crippen LogP contribution in [0, 0.1) is 29.6 Å². The molecule has 1 N–H and O–H groups in total. The van der Waals surface area contributed by atoms with E-state index in [0.717, 1.165) is 5.56 Å². The van der Waals surface area contributed by atoms with Gasteiger partial charge in [-0.05, 0) is 12.0 Å². The first kappa shape index (κ1) is 11.8. The van der Waals surface area contributed by atoms with Crippen molar-refractivity contribution in [2.75, 3.05) is 6.54 Å². The van der Waals surface area contributed by atoms with Gasteiger partial charge in [0.2, 0.25) is 5.91 Å². The zero-order chi connectivity index (χ0) is 11.8. The first-order valence-electron chi connectivity index (χ1n) is 4.92. The molecule has 0 fully saturated rings. The number of terminal acetylenes is 1. The van der Waals surface area contributed by atoms with Gasteiger partial charge in [0.15, 0.2) is 0 Å². The van der Waals surface area contributed by atoms with E-state index < -0.39 is 5.92 Å². The Kier molecular flexibility index (Phi) is 4.63. The predicted molar refractivity (Wildman–Crippen MR) is 61.1 cm³/mol. The molecule has 0 aliphatic carbocycles. The van der Waals surface area contributed by atoms with Gasteiger partial charge in [0.25, 0.3) is 0 Å². The van der Waals surface area contributed by atoms with Crippen molar-refractivity contribution in [3.63, 3.8) is 0 Å². The van der Waals surface area contributed by atoms with Crippen LogP contribution in [0.1, 0.15) is 5.56 Å². The molecule has 1 atom stereocenters. The summed E-state index contributed by atoms with van der Waals surface area (Å²) in [5.41, 5.74) is 0.963. The number of hydrogen-bond acceptors (Lipinski definition) is 2. The van der Waals surface area contributed by atoms with Crippen LogP contribution >= 0.6 is 0 Å². The summed E-state index contributed by atoms with van der Waals surface area (Å²) in [6.07, 6.45) is 5.43. The van der Waals surface area contributed by atoms with Gasteiger partial charge >= 0.3 is 0 Å². The average Bonchev–Trinajstić information content (AvgIpc) is 2.34. The first-order valence-corrected chi connectivity index (χ1v) is 4.92. The standard InChI is InChI=1S/C13H12N2O/c1-2-8-15-13(16)12(10-14)9-11-6-4-3-5-7-11/h1,3-7,12H,8-9H2,(H,15,16). The van der Waals surface area contributed by atoms with Crippen LogP contribution in [0.25, 0.3) is 0 Å². The fourth-order valence-electron chi connectivity index (χ4n) is 1.31. The Balaban J connectivity index is 2.60. The monoisotopic (exact) mass is 212 g/mol. The summed E-state index contributed by atoms with van der Waals surface area (Å²) >= 11 is 0. The third-order valence-corrected chi connectivity index (χ3v) is 2.12. The van der Waals surface area contributed by atoms with Gasteiger partial charge in [0.05, 0.1) is 12.6 Å². The third kappa shape index (κ3) is 3.48. The number of carbonyl (C=O) groups excluding carboxylic acids is 1. The Labute approximate surface area is 95.1 Å². The zero-order valence-electron chi connectivity index (χ0n) is 8.81. The minimum absolute atomic E-state index is 0.159. The summed E-state index contributed by atoms with van der Waals surface area (Å²) in [7, 11) is 0. The first-order chi connectivity index (χ1) is 7.77. The molecule has 16 heavy (non-hydrogen) atoms. The van der Waals surface area contributed by atoms with Gasteiger partial charge in [-0.1, -0.05) is 36.3 Å². The Bertz CT molecular complexity index is 425. The van der Waals surface area contributed by atoms with Crippen LogP contribution in [0.15, 0.2) is 30.3 Å². The maximum absolute atomic E-state index is 11.5. The summed E-state index contributed by atoms with van der Waals surface area (Å²) in [6, 6.07) is 11.4. The molecule has 0 radical (unpaired) electrons. The Morgan fingerprint density at radius 2 is 2.12 bits per heavy atom. The molecule has 3 heteroatoms. The van der Waals surface area contributed by atoms with E-state index in [1.54, 1.807) is 0 Å². The Hall–Kier alpha value is -2.26. The molecule has 0 bridgehead atoms. The Morgan fingerprint density at radius 3 is 2.69 bits per heavy atom. The zero-order valence-corrected chi connectivity index (χ0v) is 8.81. The van der Waals surface area contributed by atoms with Crippen molar-refractivity contribution < 1.29 is 4.79 Å². The van der Waals surface area contributed by atoms with Crippen molar-refractivity contribution in [3.8, 4) is 18.4 Å². The number of benzene rings is 1. The van der Waals surface area contributed by atoms with Crippen molar-refractivity contribution in [1.82, 2.24) is 5.32 Å². The van der Waals surface area contributed by atoms with E-state index in [1.807, 2.05) is 36.4 Å². The van der Waals surface area contributed by atoms with Crippen LogP contribution in [0.2, 0.25) is 0 Å². The summed E-state index contributed by atoms with van der Waals surface area (Å²) < 4.78 is 0. The van der Waals surface area contributed by atoms with Crippen molar-refractivity contribution in [1.29, 1.82) is 5.26 Å².